The Kier molecular flexibility index (Phi) is 3.19. The van der Waals surface area contributed by atoms with Gasteiger partial charge in [0.25, 0.3) is 0 Å². The van der Waals surface area contributed by atoms with Gasteiger partial charge in [0, 0.05) is 16.8 Å². The fourth-order valence-corrected chi connectivity index (χ4v) is 2.14. The predicted molar refractivity (Wildman–Crippen MR) is 64.0 cm³/mol. The molecule has 0 atom stereocenters. The highest BCUT2D eigenvalue weighted by atomic mass is 79.9. The van der Waals surface area contributed by atoms with Crippen molar-refractivity contribution in [3.05, 3.63) is 24.3 Å². The van der Waals surface area contributed by atoms with Gasteiger partial charge in [-0.05, 0) is 25.0 Å². The second-order valence-corrected chi connectivity index (χ2v) is 4.66. The summed E-state index contributed by atoms with van der Waals surface area (Å²) in [4.78, 5) is 0. The van der Waals surface area contributed by atoms with E-state index in [0.717, 1.165) is 23.4 Å². The SMILES string of the molecule is COc1cccc(OCC2(CBr)CC2)c1. The van der Waals surface area contributed by atoms with E-state index >= 15 is 0 Å². The molecule has 15 heavy (non-hydrogen) atoms. The standard InChI is InChI=1S/C12H15BrO2/c1-14-10-3-2-4-11(7-10)15-9-12(8-13)5-6-12/h2-4,7H,5-6,8-9H2,1H3. The zero-order valence-corrected chi connectivity index (χ0v) is 10.4. The first-order chi connectivity index (χ1) is 7.28. The van der Waals surface area contributed by atoms with Crippen LogP contribution < -0.4 is 9.47 Å². The summed E-state index contributed by atoms with van der Waals surface area (Å²) in [5.74, 6) is 1.73. The zero-order valence-electron chi connectivity index (χ0n) is 8.83. The number of ether oxygens (including phenoxy) is 2. The molecule has 0 bridgehead atoms. The summed E-state index contributed by atoms with van der Waals surface area (Å²) in [6.07, 6.45) is 2.53. The first-order valence-electron chi connectivity index (χ1n) is 5.11. The molecule has 1 aliphatic carbocycles. The third-order valence-electron chi connectivity index (χ3n) is 2.83. The molecule has 3 heteroatoms. The maximum Gasteiger partial charge on any atom is 0.123 e. The molecular weight excluding hydrogens is 256 g/mol. The molecule has 1 fully saturated rings. The van der Waals surface area contributed by atoms with Gasteiger partial charge >= 0.3 is 0 Å². The van der Waals surface area contributed by atoms with Crippen LogP contribution in [-0.4, -0.2) is 19.0 Å². The van der Waals surface area contributed by atoms with Crippen molar-refractivity contribution in [2.75, 3.05) is 19.0 Å². The molecule has 0 unspecified atom stereocenters. The van der Waals surface area contributed by atoms with Crippen LogP contribution in [0.5, 0.6) is 11.5 Å². The molecule has 0 aromatic heterocycles. The Bertz CT molecular complexity index is 334. The van der Waals surface area contributed by atoms with Crippen molar-refractivity contribution >= 4 is 15.9 Å². The van der Waals surface area contributed by atoms with Crippen LogP contribution in [0.3, 0.4) is 0 Å². The van der Waals surface area contributed by atoms with Crippen LogP contribution in [-0.2, 0) is 0 Å². The second-order valence-electron chi connectivity index (χ2n) is 4.10. The lowest BCUT2D eigenvalue weighted by atomic mass is 10.2. The molecule has 1 aromatic rings. The Morgan fingerprint density at radius 2 is 2.07 bits per heavy atom. The van der Waals surface area contributed by atoms with Crippen molar-refractivity contribution in [1.82, 2.24) is 0 Å². The Hall–Kier alpha value is -0.700. The monoisotopic (exact) mass is 270 g/mol. The lowest BCUT2D eigenvalue weighted by Crippen LogP contribution is -2.14. The molecule has 0 saturated heterocycles. The molecule has 0 radical (unpaired) electrons. The first-order valence-corrected chi connectivity index (χ1v) is 6.23. The van der Waals surface area contributed by atoms with Gasteiger partial charge in [0.2, 0.25) is 0 Å². The van der Waals surface area contributed by atoms with E-state index in [2.05, 4.69) is 15.9 Å². The van der Waals surface area contributed by atoms with Crippen molar-refractivity contribution in [3.63, 3.8) is 0 Å². The summed E-state index contributed by atoms with van der Waals surface area (Å²) in [5.41, 5.74) is 0.392. The molecule has 0 heterocycles. The van der Waals surface area contributed by atoms with Gasteiger partial charge in [0.1, 0.15) is 11.5 Å². The molecule has 2 rings (SSSR count). The molecule has 1 aliphatic rings. The van der Waals surface area contributed by atoms with E-state index in [-0.39, 0.29) is 0 Å². The van der Waals surface area contributed by atoms with Crippen LogP contribution in [0.4, 0.5) is 0 Å². The lowest BCUT2D eigenvalue weighted by Gasteiger charge is -2.13. The van der Waals surface area contributed by atoms with Crippen LogP contribution in [0.2, 0.25) is 0 Å². The third-order valence-corrected chi connectivity index (χ3v) is 4.02. The van der Waals surface area contributed by atoms with Crippen LogP contribution >= 0.6 is 15.9 Å². The van der Waals surface area contributed by atoms with Gasteiger partial charge in [-0.25, -0.2) is 0 Å². The molecule has 1 aromatic carbocycles. The summed E-state index contributed by atoms with van der Waals surface area (Å²) >= 11 is 3.53. The zero-order chi connectivity index (χ0) is 10.7. The number of benzene rings is 1. The average Bonchev–Trinajstić information content (AvgIpc) is 3.07. The van der Waals surface area contributed by atoms with E-state index in [1.165, 1.54) is 12.8 Å². The summed E-state index contributed by atoms with van der Waals surface area (Å²) in [5, 5.41) is 1.03. The highest BCUT2D eigenvalue weighted by molar-refractivity contribution is 9.09. The molecule has 1 saturated carbocycles. The van der Waals surface area contributed by atoms with Crippen molar-refractivity contribution in [2.45, 2.75) is 12.8 Å². The van der Waals surface area contributed by atoms with Gasteiger partial charge in [0.05, 0.1) is 13.7 Å². The summed E-state index contributed by atoms with van der Waals surface area (Å²) in [7, 11) is 1.67. The van der Waals surface area contributed by atoms with Crippen molar-refractivity contribution in [2.24, 2.45) is 5.41 Å². The Morgan fingerprint density at radius 1 is 1.33 bits per heavy atom. The smallest absolute Gasteiger partial charge is 0.123 e. The molecule has 2 nitrogen and oxygen atoms in total. The fourth-order valence-electron chi connectivity index (χ4n) is 1.42. The van der Waals surface area contributed by atoms with E-state index in [0.29, 0.717) is 5.41 Å². The molecule has 0 aliphatic heterocycles. The number of rotatable bonds is 5. The Morgan fingerprint density at radius 3 is 2.67 bits per heavy atom. The van der Waals surface area contributed by atoms with E-state index < -0.39 is 0 Å². The Balaban J connectivity index is 1.93. The molecular formula is C12H15BrO2. The quantitative estimate of drug-likeness (QED) is 0.765. The maximum atomic E-state index is 5.76. The molecule has 0 N–H and O–H groups in total. The third kappa shape index (κ3) is 2.65. The lowest BCUT2D eigenvalue weighted by molar-refractivity contribution is 0.250. The fraction of sp³-hybridized carbons (Fsp3) is 0.500. The molecule has 0 amide bonds. The van der Waals surface area contributed by atoms with Crippen LogP contribution in [0.15, 0.2) is 24.3 Å². The van der Waals surface area contributed by atoms with Crippen molar-refractivity contribution in [1.29, 1.82) is 0 Å². The normalized spacial score (nSPS) is 17.2. The van der Waals surface area contributed by atoms with Crippen LogP contribution in [0.1, 0.15) is 12.8 Å². The number of hydrogen-bond acceptors (Lipinski definition) is 2. The van der Waals surface area contributed by atoms with Gasteiger partial charge in [-0.2, -0.15) is 0 Å². The summed E-state index contributed by atoms with van der Waals surface area (Å²) in [6, 6.07) is 7.75. The van der Waals surface area contributed by atoms with Gasteiger partial charge in [-0.1, -0.05) is 22.0 Å². The number of methoxy groups -OCH3 is 1. The van der Waals surface area contributed by atoms with Gasteiger partial charge in [-0.15, -0.1) is 0 Å². The number of halogens is 1. The number of hydrogen-bond donors (Lipinski definition) is 0. The minimum absolute atomic E-state index is 0.392. The minimum Gasteiger partial charge on any atom is -0.497 e. The van der Waals surface area contributed by atoms with Gasteiger partial charge in [-0.3, -0.25) is 0 Å². The average molecular weight is 271 g/mol. The van der Waals surface area contributed by atoms with Crippen LogP contribution in [0, 0.1) is 5.41 Å². The molecule has 82 valence electrons. The van der Waals surface area contributed by atoms with Gasteiger partial charge in [0.15, 0.2) is 0 Å². The second kappa shape index (κ2) is 4.44. The molecule has 0 spiro atoms. The van der Waals surface area contributed by atoms with Crippen molar-refractivity contribution < 1.29 is 9.47 Å². The topological polar surface area (TPSA) is 18.5 Å². The highest BCUT2D eigenvalue weighted by Gasteiger charge is 2.42. The van der Waals surface area contributed by atoms with E-state index in [1.54, 1.807) is 7.11 Å². The minimum atomic E-state index is 0.392. The van der Waals surface area contributed by atoms with Gasteiger partial charge < -0.3 is 9.47 Å². The largest absolute Gasteiger partial charge is 0.497 e. The highest BCUT2D eigenvalue weighted by Crippen LogP contribution is 2.47. The first kappa shape index (κ1) is 10.8. The van der Waals surface area contributed by atoms with E-state index in [4.69, 9.17) is 9.47 Å². The van der Waals surface area contributed by atoms with E-state index in [9.17, 15) is 0 Å². The van der Waals surface area contributed by atoms with Crippen molar-refractivity contribution in [3.8, 4) is 11.5 Å². The van der Waals surface area contributed by atoms with E-state index in [1.807, 2.05) is 24.3 Å². The number of alkyl halides is 1. The predicted octanol–water partition coefficient (Wildman–Crippen LogP) is 3.25. The summed E-state index contributed by atoms with van der Waals surface area (Å²) in [6.45, 7) is 0.797. The summed E-state index contributed by atoms with van der Waals surface area (Å²) < 4.78 is 10.9. The Labute approximate surface area is 98.7 Å². The van der Waals surface area contributed by atoms with Crippen LogP contribution in [0.25, 0.3) is 0 Å². The maximum absolute atomic E-state index is 5.76.